The normalized spacial score (nSPS) is 9.80. The Balaban J connectivity index is 3.38. The van der Waals surface area contributed by atoms with Crippen LogP contribution < -0.4 is 4.74 Å². The van der Waals surface area contributed by atoms with Gasteiger partial charge in [-0.25, -0.2) is 0 Å². The van der Waals surface area contributed by atoms with E-state index < -0.39 is 0 Å². The van der Waals surface area contributed by atoms with Crippen LogP contribution >= 0.6 is 15.9 Å². The van der Waals surface area contributed by atoms with Gasteiger partial charge >= 0.3 is 0 Å². The molecule has 15 heavy (non-hydrogen) atoms. The number of aldehydes is 1. The fourth-order valence-corrected chi connectivity index (χ4v) is 1.64. The van der Waals surface area contributed by atoms with E-state index in [1.807, 2.05) is 0 Å². The van der Waals surface area contributed by atoms with Crippen molar-refractivity contribution < 1.29 is 14.3 Å². The fraction of sp³-hybridized carbons (Fsp3) is 0.273. The van der Waals surface area contributed by atoms with E-state index in [0.717, 1.165) is 5.56 Å². The number of Topliss-reactive ketones (excluding diaryl/α,β-unsaturated/α-hetero) is 1. The maximum atomic E-state index is 11.6. The molecule has 0 N–H and O–H groups in total. The summed E-state index contributed by atoms with van der Waals surface area (Å²) in [4.78, 5) is 22.4. The van der Waals surface area contributed by atoms with E-state index >= 15 is 0 Å². The van der Waals surface area contributed by atoms with Crippen LogP contribution in [0.4, 0.5) is 0 Å². The van der Waals surface area contributed by atoms with Gasteiger partial charge in [-0.2, -0.15) is 0 Å². The van der Waals surface area contributed by atoms with Crippen LogP contribution in [0.1, 0.15) is 26.3 Å². The van der Waals surface area contributed by atoms with Gasteiger partial charge in [0.05, 0.1) is 12.4 Å². The number of halogens is 1. The predicted molar refractivity (Wildman–Crippen MR) is 61.2 cm³/mol. The second-order valence-corrected chi connectivity index (χ2v) is 3.64. The van der Waals surface area contributed by atoms with Gasteiger partial charge in [0.1, 0.15) is 5.75 Å². The molecule has 3 nitrogen and oxygen atoms in total. The molecule has 1 aromatic carbocycles. The molecule has 0 amide bonds. The first-order valence-corrected chi connectivity index (χ1v) is 5.49. The van der Waals surface area contributed by atoms with E-state index in [0.29, 0.717) is 23.2 Å². The Morgan fingerprint density at radius 3 is 2.67 bits per heavy atom. The molecule has 0 saturated heterocycles. The lowest BCUT2D eigenvalue weighted by Crippen LogP contribution is -2.06. The Labute approximate surface area is 96.6 Å². The molecule has 0 unspecified atom stereocenters. The SMILES string of the molecule is COc1cc(C)c(C=O)c(C(=O)CBr)c1. The van der Waals surface area contributed by atoms with Crippen molar-refractivity contribution in [3.05, 3.63) is 28.8 Å². The van der Waals surface area contributed by atoms with Gasteiger partial charge in [-0.05, 0) is 24.6 Å². The highest BCUT2D eigenvalue weighted by Crippen LogP contribution is 2.21. The van der Waals surface area contributed by atoms with E-state index in [9.17, 15) is 9.59 Å². The molecule has 0 aliphatic carbocycles. The number of alkyl halides is 1. The Morgan fingerprint density at radius 1 is 1.53 bits per heavy atom. The molecule has 0 atom stereocenters. The molecular weight excluding hydrogens is 260 g/mol. The van der Waals surface area contributed by atoms with Crippen LogP contribution in [0.25, 0.3) is 0 Å². The molecule has 0 aliphatic heterocycles. The van der Waals surface area contributed by atoms with Crippen LogP contribution in [-0.4, -0.2) is 24.5 Å². The number of ether oxygens (including phenoxy) is 1. The minimum absolute atomic E-state index is 0.126. The lowest BCUT2D eigenvalue weighted by atomic mass is 10.00. The Bertz CT molecular complexity index is 399. The monoisotopic (exact) mass is 270 g/mol. The lowest BCUT2D eigenvalue weighted by Gasteiger charge is -2.08. The van der Waals surface area contributed by atoms with Gasteiger partial charge in [-0.15, -0.1) is 0 Å². The highest BCUT2D eigenvalue weighted by molar-refractivity contribution is 9.09. The Morgan fingerprint density at radius 2 is 2.20 bits per heavy atom. The summed E-state index contributed by atoms with van der Waals surface area (Å²) in [5.74, 6) is 0.460. The quantitative estimate of drug-likeness (QED) is 0.479. The molecule has 0 spiro atoms. The van der Waals surface area contributed by atoms with Crippen LogP contribution in [0, 0.1) is 6.92 Å². The minimum Gasteiger partial charge on any atom is -0.497 e. The second-order valence-electron chi connectivity index (χ2n) is 3.08. The third kappa shape index (κ3) is 2.45. The first kappa shape index (κ1) is 11.9. The van der Waals surface area contributed by atoms with Gasteiger partial charge in [-0.1, -0.05) is 15.9 Å². The highest BCUT2D eigenvalue weighted by Gasteiger charge is 2.13. The van der Waals surface area contributed by atoms with E-state index in [1.165, 1.54) is 7.11 Å². The fourth-order valence-electron chi connectivity index (χ4n) is 1.34. The maximum Gasteiger partial charge on any atom is 0.174 e. The number of ketones is 1. The molecule has 0 aromatic heterocycles. The minimum atomic E-state index is -0.126. The molecule has 80 valence electrons. The van der Waals surface area contributed by atoms with Crippen molar-refractivity contribution in [1.29, 1.82) is 0 Å². The van der Waals surface area contributed by atoms with Crippen LogP contribution in [0.5, 0.6) is 5.75 Å². The molecule has 0 radical (unpaired) electrons. The molecule has 4 heteroatoms. The van der Waals surface area contributed by atoms with E-state index in [1.54, 1.807) is 19.1 Å². The number of rotatable bonds is 4. The third-order valence-electron chi connectivity index (χ3n) is 2.14. The number of carbonyl (C=O) groups excluding carboxylic acids is 2. The molecule has 1 aromatic rings. The van der Waals surface area contributed by atoms with Crippen molar-refractivity contribution >= 4 is 28.0 Å². The summed E-state index contributed by atoms with van der Waals surface area (Å²) in [6, 6.07) is 3.31. The average molecular weight is 271 g/mol. The van der Waals surface area contributed by atoms with Gasteiger partial charge < -0.3 is 4.74 Å². The van der Waals surface area contributed by atoms with Crippen LogP contribution in [0.2, 0.25) is 0 Å². The number of hydrogen-bond acceptors (Lipinski definition) is 3. The van der Waals surface area contributed by atoms with Crippen molar-refractivity contribution in [3.63, 3.8) is 0 Å². The summed E-state index contributed by atoms with van der Waals surface area (Å²) in [6.07, 6.45) is 0.699. The number of hydrogen-bond donors (Lipinski definition) is 0. The highest BCUT2D eigenvalue weighted by atomic mass is 79.9. The average Bonchev–Trinajstić information content (AvgIpc) is 2.26. The lowest BCUT2D eigenvalue weighted by molar-refractivity contribution is 0.101. The van der Waals surface area contributed by atoms with Crippen LogP contribution in [-0.2, 0) is 0 Å². The number of methoxy groups -OCH3 is 1. The predicted octanol–water partition coefficient (Wildman–Crippen LogP) is 2.39. The smallest absolute Gasteiger partial charge is 0.174 e. The van der Waals surface area contributed by atoms with Gasteiger partial charge in [0, 0.05) is 11.1 Å². The topological polar surface area (TPSA) is 43.4 Å². The van der Waals surface area contributed by atoms with Crippen LogP contribution in [0.15, 0.2) is 12.1 Å². The molecular formula is C11H11BrO3. The number of aryl methyl sites for hydroxylation is 1. The van der Waals surface area contributed by atoms with Crippen molar-refractivity contribution in [2.75, 3.05) is 12.4 Å². The largest absolute Gasteiger partial charge is 0.497 e. The third-order valence-corrected chi connectivity index (χ3v) is 2.64. The Kier molecular flexibility index (Phi) is 4.03. The van der Waals surface area contributed by atoms with Crippen molar-refractivity contribution in [3.8, 4) is 5.75 Å². The van der Waals surface area contributed by atoms with Gasteiger partial charge in [-0.3, -0.25) is 9.59 Å². The summed E-state index contributed by atoms with van der Waals surface area (Å²) in [6.45, 7) is 1.78. The summed E-state index contributed by atoms with van der Waals surface area (Å²) in [5, 5.41) is 0.195. The number of carbonyl (C=O) groups is 2. The van der Waals surface area contributed by atoms with E-state index in [2.05, 4.69) is 15.9 Å². The summed E-state index contributed by atoms with van der Waals surface area (Å²) >= 11 is 3.08. The first-order chi connectivity index (χ1) is 7.13. The standard InChI is InChI=1S/C11H11BrO3/c1-7-3-8(15-2)4-9(10(7)6-13)11(14)5-12/h3-4,6H,5H2,1-2H3. The zero-order valence-electron chi connectivity index (χ0n) is 8.54. The Hall–Kier alpha value is -1.16. The zero-order valence-corrected chi connectivity index (χ0v) is 10.1. The first-order valence-electron chi connectivity index (χ1n) is 4.37. The second kappa shape index (κ2) is 5.07. The number of benzene rings is 1. The molecule has 0 heterocycles. The van der Waals surface area contributed by atoms with Crippen LogP contribution in [0.3, 0.4) is 0 Å². The summed E-state index contributed by atoms with van der Waals surface area (Å²) < 4.78 is 5.05. The van der Waals surface area contributed by atoms with E-state index in [4.69, 9.17) is 4.74 Å². The van der Waals surface area contributed by atoms with Crippen molar-refractivity contribution in [1.82, 2.24) is 0 Å². The van der Waals surface area contributed by atoms with Gasteiger partial charge in [0.25, 0.3) is 0 Å². The molecule has 0 bridgehead atoms. The molecule has 0 fully saturated rings. The van der Waals surface area contributed by atoms with Gasteiger partial charge in [0.15, 0.2) is 12.1 Å². The molecule has 0 aliphatic rings. The molecule has 0 saturated carbocycles. The summed E-state index contributed by atoms with van der Waals surface area (Å²) in [7, 11) is 1.53. The maximum absolute atomic E-state index is 11.6. The summed E-state index contributed by atoms with van der Waals surface area (Å²) in [5.41, 5.74) is 1.58. The van der Waals surface area contributed by atoms with Crippen molar-refractivity contribution in [2.24, 2.45) is 0 Å². The van der Waals surface area contributed by atoms with E-state index in [-0.39, 0.29) is 11.1 Å². The zero-order chi connectivity index (χ0) is 11.4. The molecule has 1 rings (SSSR count). The van der Waals surface area contributed by atoms with Crippen molar-refractivity contribution in [2.45, 2.75) is 6.92 Å². The van der Waals surface area contributed by atoms with Gasteiger partial charge in [0.2, 0.25) is 0 Å².